The molecule has 5 nitrogen and oxygen atoms in total. The Morgan fingerprint density at radius 3 is 2.65 bits per heavy atom. The molecule has 2 aromatic rings. The van der Waals surface area contributed by atoms with Crippen molar-refractivity contribution in [3.8, 4) is 0 Å². The Kier molecular flexibility index (Phi) is 4.05. The number of hydrogen-bond acceptors (Lipinski definition) is 3. The highest BCUT2D eigenvalue weighted by molar-refractivity contribution is 5.98. The Labute approximate surface area is 114 Å². The maximum atomic E-state index is 13.0. The van der Waals surface area contributed by atoms with Crippen LogP contribution in [0.15, 0.2) is 48.5 Å². The summed E-state index contributed by atoms with van der Waals surface area (Å²) in [6, 6.07) is 11.4. The summed E-state index contributed by atoms with van der Waals surface area (Å²) >= 11 is 0. The largest absolute Gasteiger partial charge is 0.348 e. The third kappa shape index (κ3) is 3.17. The van der Waals surface area contributed by atoms with Crippen LogP contribution in [0, 0.1) is 15.9 Å². The molecule has 0 aliphatic heterocycles. The Morgan fingerprint density at radius 2 is 1.95 bits per heavy atom. The molecule has 0 unspecified atom stereocenters. The van der Waals surface area contributed by atoms with E-state index in [9.17, 15) is 19.3 Å². The summed E-state index contributed by atoms with van der Waals surface area (Å²) in [4.78, 5) is 22.1. The highest BCUT2D eigenvalue weighted by atomic mass is 19.1. The monoisotopic (exact) mass is 274 g/mol. The lowest BCUT2D eigenvalue weighted by atomic mass is 10.1. The molecule has 0 fully saturated rings. The number of para-hydroxylation sites is 1. The molecule has 0 aliphatic rings. The van der Waals surface area contributed by atoms with E-state index in [4.69, 9.17) is 0 Å². The lowest BCUT2D eigenvalue weighted by Crippen LogP contribution is -2.23. The smallest absolute Gasteiger partial charge is 0.282 e. The molecule has 0 aliphatic carbocycles. The van der Waals surface area contributed by atoms with Crippen LogP contribution in [0.4, 0.5) is 10.1 Å². The molecule has 0 radical (unpaired) electrons. The predicted octanol–water partition coefficient (Wildman–Crippen LogP) is 2.66. The zero-order valence-electron chi connectivity index (χ0n) is 10.4. The number of carbonyl (C=O) groups is 1. The van der Waals surface area contributed by atoms with E-state index in [1.807, 2.05) is 0 Å². The van der Waals surface area contributed by atoms with Gasteiger partial charge in [0.25, 0.3) is 11.6 Å². The Hall–Kier alpha value is -2.76. The number of nitro groups is 1. The highest BCUT2D eigenvalue weighted by Crippen LogP contribution is 2.17. The lowest BCUT2D eigenvalue weighted by Gasteiger charge is -2.06. The number of amides is 1. The first-order chi connectivity index (χ1) is 9.58. The van der Waals surface area contributed by atoms with E-state index >= 15 is 0 Å². The van der Waals surface area contributed by atoms with Gasteiger partial charge < -0.3 is 5.32 Å². The van der Waals surface area contributed by atoms with E-state index in [0.717, 1.165) is 0 Å². The van der Waals surface area contributed by atoms with Crippen LogP contribution in [-0.4, -0.2) is 10.8 Å². The maximum absolute atomic E-state index is 13.0. The number of nitro benzene ring substituents is 1. The van der Waals surface area contributed by atoms with Gasteiger partial charge in [-0.05, 0) is 23.8 Å². The molecule has 0 aromatic heterocycles. The number of benzene rings is 2. The summed E-state index contributed by atoms with van der Waals surface area (Å²) in [5.41, 5.74) is 0.301. The first kappa shape index (κ1) is 13.7. The second kappa shape index (κ2) is 5.92. The van der Waals surface area contributed by atoms with E-state index in [2.05, 4.69) is 5.32 Å². The van der Waals surface area contributed by atoms with Gasteiger partial charge in [0.1, 0.15) is 11.4 Å². The summed E-state index contributed by atoms with van der Waals surface area (Å²) in [7, 11) is 0. The fourth-order valence-corrected chi connectivity index (χ4v) is 1.75. The van der Waals surface area contributed by atoms with E-state index in [-0.39, 0.29) is 17.8 Å². The van der Waals surface area contributed by atoms with E-state index in [0.29, 0.717) is 5.56 Å². The van der Waals surface area contributed by atoms with Crippen molar-refractivity contribution in [3.05, 3.63) is 75.6 Å². The first-order valence-corrected chi connectivity index (χ1v) is 5.84. The normalized spacial score (nSPS) is 10.1. The zero-order chi connectivity index (χ0) is 14.5. The number of nitrogens with one attached hydrogen (secondary N) is 1. The van der Waals surface area contributed by atoms with Gasteiger partial charge >= 0.3 is 0 Å². The molecule has 0 saturated heterocycles. The number of carbonyl (C=O) groups excluding carboxylic acids is 1. The molecule has 2 aromatic carbocycles. The van der Waals surface area contributed by atoms with E-state index < -0.39 is 16.6 Å². The van der Waals surface area contributed by atoms with Gasteiger partial charge in [0, 0.05) is 12.6 Å². The predicted molar refractivity (Wildman–Crippen MR) is 70.7 cm³/mol. The molecule has 2 rings (SSSR count). The Balaban J connectivity index is 2.11. The summed E-state index contributed by atoms with van der Waals surface area (Å²) in [6.07, 6.45) is 0. The third-order valence-corrected chi connectivity index (χ3v) is 2.69. The van der Waals surface area contributed by atoms with Crippen molar-refractivity contribution >= 4 is 11.6 Å². The van der Waals surface area contributed by atoms with Crippen molar-refractivity contribution < 1.29 is 14.1 Å². The fourth-order valence-electron chi connectivity index (χ4n) is 1.75. The molecule has 20 heavy (non-hydrogen) atoms. The van der Waals surface area contributed by atoms with Crippen LogP contribution in [0.2, 0.25) is 0 Å². The zero-order valence-corrected chi connectivity index (χ0v) is 10.4. The molecule has 0 bridgehead atoms. The number of hydrogen-bond donors (Lipinski definition) is 1. The number of rotatable bonds is 4. The van der Waals surface area contributed by atoms with Gasteiger partial charge in [-0.25, -0.2) is 4.39 Å². The van der Waals surface area contributed by atoms with Crippen LogP contribution < -0.4 is 5.32 Å². The van der Waals surface area contributed by atoms with Gasteiger partial charge in [0.15, 0.2) is 0 Å². The molecule has 0 saturated carbocycles. The van der Waals surface area contributed by atoms with Gasteiger partial charge in [-0.3, -0.25) is 14.9 Å². The topological polar surface area (TPSA) is 72.2 Å². The van der Waals surface area contributed by atoms with Crippen LogP contribution >= 0.6 is 0 Å². The van der Waals surface area contributed by atoms with Crippen molar-refractivity contribution in [2.75, 3.05) is 0 Å². The van der Waals surface area contributed by atoms with Gasteiger partial charge in [0.2, 0.25) is 0 Å². The SMILES string of the molecule is O=C(NCc1cccc(F)c1)c1ccccc1[N+](=O)[O-]. The number of halogens is 1. The van der Waals surface area contributed by atoms with Crippen molar-refractivity contribution in [1.29, 1.82) is 0 Å². The van der Waals surface area contributed by atoms with Crippen LogP contribution in [-0.2, 0) is 6.54 Å². The molecule has 0 spiro atoms. The van der Waals surface area contributed by atoms with Crippen molar-refractivity contribution in [2.45, 2.75) is 6.54 Å². The second-order valence-corrected chi connectivity index (χ2v) is 4.09. The minimum atomic E-state index is -0.614. The third-order valence-electron chi connectivity index (χ3n) is 2.69. The Bertz CT molecular complexity index is 658. The summed E-state index contributed by atoms with van der Waals surface area (Å²) in [6.45, 7) is 0.0998. The lowest BCUT2D eigenvalue weighted by molar-refractivity contribution is -0.385. The van der Waals surface area contributed by atoms with Crippen LogP contribution in [0.3, 0.4) is 0 Å². The molecular weight excluding hydrogens is 263 g/mol. The summed E-state index contributed by atoms with van der Waals surface area (Å²) in [5, 5.41) is 13.3. The van der Waals surface area contributed by atoms with E-state index in [1.165, 1.54) is 36.4 Å². The molecular formula is C14H11FN2O3. The minimum Gasteiger partial charge on any atom is -0.348 e. The van der Waals surface area contributed by atoms with Gasteiger partial charge in [-0.2, -0.15) is 0 Å². The first-order valence-electron chi connectivity index (χ1n) is 5.84. The molecule has 0 atom stereocenters. The van der Waals surface area contributed by atoms with E-state index in [1.54, 1.807) is 12.1 Å². The molecule has 1 N–H and O–H groups in total. The molecule has 0 heterocycles. The quantitative estimate of drug-likeness (QED) is 0.688. The van der Waals surface area contributed by atoms with Gasteiger partial charge in [0.05, 0.1) is 4.92 Å². The highest BCUT2D eigenvalue weighted by Gasteiger charge is 2.18. The maximum Gasteiger partial charge on any atom is 0.282 e. The second-order valence-electron chi connectivity index (χ2n) is 4.09. The Morgan fingerprint density at radius 1 is 1.20 bits per heavy atom. The van der Waals surface area contributed by atoms with Crippen LogP contribution in [0.5, 0.6) is 0 Å². The molecule has 6 heteroatoms. The molecule has 102 valence electrons. The van der Waals surface area contributed by atoms with Gasteiger partial charge in [-0.1, -0.05) is 24.3 Å². The van der Waals surface area contributed by atoms with Crippen molar-refractivity contribution in [2.24, 2.45) is 0 Å². The minimum absolute atomic E-state index is 0.0195. The van der Waals surface area contributed by atoms with Crippen molar-refractivity contribution in [3.63, 3.8) is 0 Å². The fraction of sp³-hybridized carbons (Fsp3) is 0.0714. The summed E-state index contributed by atoms with van der Waals surface area (Å²) in [5.74, 6) is -0.969. The standard InChI is InChI=1S/C14H11FN2O3/c15-11-5-3-4-10(8-11)9-16-14(18)12-6-1-2-7-13(12)17(19)20/h1-8H,9H2,(H,16,18). The molecule has 1 amide bonds. The van der Waals surface area contributed by atoms with Crippen LogP contribution in [0.25, 0.3) is 0 Å². The average molecular weight is 274 g/mol. The van der Waals surface area contributed by atoms with Crippen molar-refractivity contribution in [1.82, 2.24) is 5.32 Å². The average Bonchev–Trinajstić information content (AvgIpc) is 2.45. The number of nitrogens with zero attached hydrogens (tertiary/aromatic N) is 1. The van der Waals surface area contributed by atoms with Crippen LogP contribution in [0.1, 0.15) is 15.9 Å². The summed E-state index contributed by atoms with van der Waals surface area (Å²) < 4.78 is 13.0. The van der Waals surface area contributed by atoms with Gasteiger partial charge in [-0.15, -0.1) is 0 Å².